The molecule has 0 unspecified atom stereocenters. The predicted molar refractivity (Wildman–Crippen MR) is 44.7 cm³/mol. The minimum absolute atomic E-state index is 0.277. The summed E-state index contributed by atoms with van der Waals surface area (Å²) < 4.78 is 5.23. The normalized spacial score (nSPS) is 25.7. The molecule has 0 radical (unpaired) electrons. The van der Waals surface area contributed by atoms with Crippen molar-refractivity contribution in [2.45, 2.75) is 19.3 Å². The maximum atomic E-state index is 11.4. The number of nitrogens with zero attached hydrogens (tertiary/aromatic N) is 1. The third kappa shape index (κ3) is 1.97. The SMILES string of the molecule is O=C1CCOCCN1CC1CC1. The molecule has 1 aliphatic carbocycles. The van der Waals surface area contributed by atoms with Crippen molar-refractivity contribution >= 4 is 5.91 Å². The fourth-order valence-electron chi connectivity index (χ4n) is 1.52. The van der Waals surface area contributed by atoms with Gasteiger partial charge in [0.05, 0.1) is 19.6 Å². The second kappa shape index (κ2) is 3.44. The van der Waals surface area contributed by atoms with Gasteiger partial charge in [-0.1, -0.05) is 0 Å². The highest BCUT2D eigenvalue weighted by atomic mass is 16.5. The topological polar surface area (TPSA) is 29.5 Å². The van der Waals surface area contributed by atoms with Crippen LogP contribution in [-0.2, 0) is 9.53 Å². The van der Waals surface area contributed by atoms with Crippen molar-refractivity contribution in [2.75, 3.05) is 26.3 Å². The van der Waals surface area contributed by atoms with Crippen LogP contribution in [0.25, 0.3) is 0 Å². The fourth-order valence-corrected chi connectivity index (χ4v) is 1.52. The zero-order chi connectivity index (χ0) is 8.39. The van der Waals surface area contributed by atoms with E-state index in [1.165, 1.54) is 12.8 Å². The lowest BCUT2D eigenvalue weighted by atomic mass is 10.3. The Kier molecular flexibility index (Phi) is 2.30. The molecule has 2 fully saturated rings. The maximum absolute atomic E-state index is 11.4. The molecular formula is C9H15NO2. The summed E-state index contributed by atoms with van der Waals surface area (Å²) in [4.78, 5) is 13.4. The number of rotatable bonds is 2. The smallest absolute Gasteiger partial charge is 0.224 e. The van der Waals surface area contributed by atoms with Crippen LogP contribution in [0.5, 0.6) is 0 Å². The van der Waals surface area contributed by atoms with Crippen molar-refractivity contribution in [1.82, 2.24) is 4.90 Å². The molecule has 1 amide bonds. The molecule has 0 N–H and O–H groups in total. The number of amides is 1. The molecule has 0 aromatic rings. The van der Waals surface area contributed by atoms with E-state index in [1.54, 1.807) is 0 Å². The number of hydrogen-bond donors (Lipinski definition) is 0. The maximum Gasteiger partial charge on any atom is 0.224 e. The van der Waals surface area contributed by atoms with Crippen LogP contribution >= 0.6 is 0 Å². The summed E-state index contributed by atoms with van der Waals surface area (Å²) >= 11 is 0. The molecule has 2 rings (SSSR count). The van der Waals surface area contributed by atoms with Crippen molar-refractivity contribution in [3.8, 4) is 0 Å². The Hall–Kier alpha value is -0.570. The summed E-state index contributed by atoms with van der Waals surface area (Å²) in [6.07, 6.45) is 3.20. The van der Waals surface area contributed by atoms with Gasteiger partial charge >= 0.3 is 0 Å². The van der Waals surface area contributed by atoms with Crippen LogP contribution < -0.4 is 0 Å². The van der Waals surface area contributed by atoms with E-state index in [1.807, 2.05) is 4.90 Å². The van der Waals surface area contributed by atoms with Crippen molar-refractivity contribution in [3.05, 3.63) is 0 Å². The molecule has 12 heavy (non-hydrogen) atoms. The summed E-state index contributed by atoms with van der Waals surface area (Å²) in [5.41, 5.74) is 0. The highest BCUT2D eigenvalue weighted by Crippen LogP contribution is 2.29. The summed E-state index contributed by atoms with van der Waals surface area (Å²) in [5, 5.41) is 0. The summed E-state index contributed by atoms with van der Waals surface area (Å²) in [5.74, 6) is 1.08. The van der Waals surface area contributed by atoms with E-state index in [0.29, 0.717) is 13.0 Å². The zero-order valence-electron chi connectivity index (χ0n) is 7.29. The summed E-state index contributed by atoms with van der Waals surface area (Å²) in [7, 11) is 0. The first-order valence-electron chi connectivity index (χ1n) is 4.72. The quantitative estimate of drug-likeness (QED) is 0.607. The van der Waals surface area contributed by atoms with Gasteiger partial charge in [0.1, 0.15) is 0 Å². The van der Waals surface area contributed by atoms with Gasteiger partial charge in [0.2, 0.25) is 5.91 Å². The molecule has 0 spiro atoms. The number of hydrogen-bond acceptors (Lipinski definition) is 2. The van der Waals surface area contributed by atoms with Crippen LogP contribution in [0.3, 0.4) is 0 Å². The lowest BCUT2D eigenvalue weighted by molar-refractivity contribution is -0.130. The van der Waals surface area contributed by atoms with Crippen LogP contribution in [0.15, 0.2) is 0 Å². The third-order valence-corrected chi connectivity index (χ3v) is 2.49. The minimum atomic E-state index is 0.277. The molecule has 1 heterocycles. The number of carbonyl (C=O) groups excluding carboxylic acids is 1. The molecule has 1 saturated carbocycles. The Bertz CT molecular complexity index is 177. The fraction of sp³-hybridized carbons (Fsp3) is 0.889. The third-order valence-electron chi connectivity index (χ3n) is 2.49. The van der Waals surface area contributed by atoms with Gasteiger partial charge in [-0.05, 0) is 18.8 Å². The highest BCUT2D eigenvalue weighted by Gasteiger charge is 2.27. The van der Waals surface area contributed by atoms with Gasteiger partial charge in [-0.25, -0.2) is 0 Å². The Labute approximate surface area is 72.7 Å². The van der Waals surface area contributed by atoms with E-state index in [4.69, 9.17) is 4.74 Å². The molecule has 2 aliphatic rings. The van der Waals surface area contributed by atoms with Crippen molar-refractivity contribution in [1.29, 1.82) is 0 Å². The molecule has 0 atom stereocenters. The average Bonchev–Trinajstić information content (AvgIpc) is 2.84. The van der Waals surface area contributed by atoms with Crippen LogP contribution in [0.4, 0.5) is 0 Å². The molecule has 3 nitrogen and oxygen atoms in total. The van der Waals surface area contributed by atoms with Crippen LogP contribution in [0.1, 0.15) is 19.3 Å². The Balaban J connectivity index is 1.85. The minimum Gasteiger partial charge on any atom is -0.379 e. The summed E-state index contributed by atoms with van der Waals surface area (Å²) in [6, 6.07) is 0. The van der Waals surface area contributed by atoms with Gasteiger partial charge in [0, 0.05) is 13.1 Å². The zero-order valence-corrected chi connectivity index (χ0v) is 7.29. The summed E-state index contributed by atoms with van der Waals surface area (Å²) in [6.45, 7) is 3.11. The van der Waals surface area contributed by atoms with Gasteiger partial charge < -0.3 is 9.64 Å². The van der Waals surface area contributed by atoms with Crippen LogP contribution in [0.2, 0.25) is 0 Å². The lowest BCUT2D eigenvalue weighted by Crippen LogP contribution is -2.33. The molecule has 0 aromatic heterocycles. The van der Waals surface area contributed by atoms with Gasteiger partial charge in [0.15, 0.2) is 0 Å². The Morgan fingerprint density at radius 2 is 2.25 bits per heavy atom. The predicted octanol–water partition coefficient (Wildman–Crippen LogP) is 0.645. The van der Waals surface area contributed by atoms with E-state index in [2.05, 4.69) is 0 Å². The van der Waals surface area contributed by atoms with Crippen molar-refractivity contribution in [3.63, 3.8) is 0 Å². The van der Waals surface area contributed by atoms with E-state index in [9.17, 15) is 4.79 Å². The second-order valence-corrected chi connectivity index (χ2v) is 3.65. The first-order chi connectivity index (χ1) is 5.86. The largest absolute Gasteiger partial charge is 0.379 e. The molecule has 3 heteroatoms. The van der Waals surface area contributed by atoms with Gasteiger partial charge in [-0.3, -0.25) is 4.79 Å². The molecule has 68 valence electrons. The van der Waals surface area contributed by atoms with Crippen molar-refractivity contribution < 1.29 is 9.53 Å². The highest BCUT2D eigenvalue weighted by molar-refractivity contribution is 5.76. The first-order valence-corrected chi connectivity index (χ1v) is 4.72. The van der Waals surface area contributed by atoms with E-state index in [0.717, 1.165) is 25.6 Å². The number of carbonyl (C=O) groups is 1. The van der Waals surface area contributed by atoms with Crippen LogP contribution in [0, 0.1) is 5.92 Å². The number of ether oxygens (including phenoxy) is 1. The molecule has 1 aliphatic heterocycles. The molecule has 1 saturated heterocycles. The van der Waals surface area contributed by atoms with Gasteiger partial charge in [-0.2, -0.15) is 0 Å². The standard InChI is InChI=1S/C9H15NO2/c11-9-3-5-12-6-4-10(9)7-8-1-2-8/h8H,1-7H2. The molecule has 0 aromatic carbocycles. The lowest BCUT2D eigenvalue weighted by Gasteiger charge is -2.18. The van der Waals surface area contributed by atoms with Crippen molar-refractivity contribution in [2.24, 2.45) is 5.92 Å². The Morgan fingerprint density at radius 1 is 1.42 bits per heavy atom. The van der Waals surface area contributed by atoms with E-state index < -0.39 is 0 Å². The van der Waals surface area contributed by atoms with E-state index in [-0.39, 0.29) is 5.91 Å². The van der Waals surface area contributed by atoms with Gasteiger partial charge in [0.25, 0.3) is 0 Å². The molecule has 0 bridgehead atoms. The van der Waals surface area contributed by atoms with E-state index >= 15 is 0 Å². The van der Waals surface area contributed by atoms with Gasteiger partial charge in [-0.15, -0.1) is 0 Å². The average molecular weight is 169 g/mol. The first kappa shape index (κ1) is 8.05. The second-order valence-electron chi connectivity index (χ2n) is 3.65. The molecular weight excluding hydrogens is 154 g/mol. The van der Waals surface area contributed by atoms with Crippen LogP contribution in [-0.4, -0.2) is 37.1 Å². The Morgan fingerprint density at radius 3 is 3.00 bits per heavy atom. The monoisotopic (exact) mass is 169 g/mol.